The Balaban J connectivity index is 1.54. The molecule has 0 aromatic heterocycles. The molecule has 0 radical (unpaired) electrons. The first-order valence-corrected chi connectivity index (χ1v) is 12.2. The zero-order valence-corrected chi connectivity index (χ0v) is 20.2. The number of aryl methyl sites for hydroxylation is 2. The lowest BCUT2D eigenvalue weighted by molar-refractivity contribution is -0.385. The van der Waals surface area contributed by atoms with Gasteiger partial charge in [0.05, 0.1) is 29.6 Å². The summed E-state index contributed by atoms with van der Waals surface area (Å²) in [6.07, 6.45) is 2.32. The Kier molecular flexibility index (Phi) is 4.79. The smallest absolute Gasteiger partial charge is 0.311 e. The van der Waals surface area contributed by atoms with Crippen molar-refractivity contribution in [3.63, 3.8) is 0 Å². The van der Waals surface area contributed by atoms with E-state index in [1.165, 1.54) is 19.2 Å². The van der Waals surface area contributed by atoms with Gasteiger partial charge in [0.2, 0.25) is 17.7 Å². The first kappa shape index (κ1) is 22.7. The van der Waals surface area contributed by atoms with Gasteiger partial charge in [-0.2, -0.15) is 0 Å². The fourth-order valence-electron chi connectivity index (χ4n) is 6.92. The molecule has 0 bridgehead atoms. The molecule has 2 aromatic carbocycles. The number of nitrogens with one attached hydrogen (secondary N) is 1. The van der Waals surface area contributed by atoms with Crippen LogP contribution in [0.2, 0.25) is 0 Å². The Morgan fingerprint density at radius 1 is 1.19 bits per heavy atom. The van der Waals surface area contributed by atoms with Crippen LogP contribution in [-0.4, -0.2) is 47.2 Å². The molecular weight excluding hydrogens is 464 g/mol. The number of carbonyl (C=O) groups is 3. The quantitative estimate of drug-likeness (QED) is 0.397. The lowest BCUT2D eigenvalue weighted by Crippen LogP contribution is -2.54. The second kappa shape index (κ2) is 7.60. The molecule has 1 N–H and O–H groups in total. The van der Waals surface area contributed by atoms with Gasteiger partial charge in [-0.15, -0.1) is 0 Å². The van der Waals surface area contributed by atoms with E-state index in [4.69, 9.17) is 4.74 Å². The maximum Gasteiger partial charge on any atom is 0.311 e. The number of anilines is 2. The molecule has 1 spiro atoms. The molecule has 4 atom stereocenters. The van der Waals surface area contributed by atoms with Crippen molar-refractivity contribution < 1.29 is 24.0 Å². The fourth-order valence-corrected chi connectivity index (χ4v) is 6.92. The van der Waals surface area contributed by atoms with Crippen LogP contribution < -0.4 is 15.0 Å². The van der Waals surface area contributed by atoms with Crippen LogP contribution in [0.15, 0.2) is 30.3 Å². The van der Waals surface area contributed by atoms with Crippen LogP contribution in [-0.2, 0) is 26.3 Å². The number of fused-ring (bicyclic) bond motifs is 7. The standard InChI is InChI=1S/C26H26N4O6/c1-4-14-7-8-16-15(11-14)26(25(33)27-16)22-21(17-6-5-9-28(17)26)23(31)29(24(22)32)18-12-20(36-3)19(30(34)35)10-13(18)2/h7-8,10-12,17,21-22H,4-6,9H2,1-3H3,(H,27,33)/t17-,21+,22-,26+/m0/s1. The second-order valence-electron chi connectivity index (χ2n) is 9.94. The minimum atomic E-state index is -1.26. The minimum absolute atomic E-state index is 0.0352. The van der Waals surface area contributed by atoms with Gasteiger partial charge in [0.25, 0.3) is 0 Å². The molecule has 4 aliphatic rings. The first-order valence-electron chi connectivity index (χ1n) is 12.2. The van der Waals surface area contributed by atoms with Crippen molar-refractivity contribution in [2.24, 2.45) is 11.8 Å². The predicted molar refractivity (Wildman–Crippen MR) is 130 cm³/mol. The van der Waals surface area contributed by atoms with Crippen molar-refractivity contribution >= 4 is 34.8 Å². The van der Waals surface area contributed by atoms with Gasteiger partial charge in [-0.1, -0.05) is 19.1 Å². The van der Waals surface area contributed by atoms with E-state index >= 15 is 0 Å². The summed E-state index contributed by atoms with van der Waals surface area (Å²) in [5, 5.41) is 14.5. The van der Waals surface area contributed by atoms with E-state index in [0.29, 0.717) is 24.2 Å². The molecule has 186 valence electrons. The Morgan fingerprint density at radius 3 is 2.67 bits per heavy atom. The summed E-state index contributed by atoms with van der Waals surface area (Å²) in [4.78, 5) is 56.1. The highest BCUT2D eigenvalue weighted by molar-refractivity contribution is 6.26. The molecule has 0 saturated carbocycles. The van der Waals surface area contributed by atoms with Gasteiger partial charge in [0, 0.05) is 29.4 Å². The van der Waals surface area contributed by atoms with Crippen LogP contribution in [0.1, 0.15) is 36.5 Å². The third-order valence-electron chi connectivity index (χ3n) is 8.40. The maximum absolute atomic E-state index is 14.2. The van der Waals surface area contributed by atoms with Crippen LogP contribution in [0.3, 0.4) is 0 Å². The van der Waals surface area contributed by atoms with E-state index in [1.807, 2.05) is 25.1 Å². The fraction of sp³-hybridized carbons (Fsp3) is 0.423. The van der Waals surface area contributed by atoms with E-state index in [-0.39, 0.29) is 35.0 Å². The average Bonchev–Trinajstić information content (AvgIpc) is 3.57. The maximum atomic E-state index is 14.2. The van der Waals surface area contributed by atoms with Crippen molar-refractivity contribution in [3.8, 4) is 5.75 Å². The third kappa shape index (κ3) is 2.62. The third-order valence-corrected chi connectivity index (χ3v) is 8.40. The normalized spacial score (nSPS) is 28.5. The predicted octanol–water partition coefficient (Wildman–Crippen LogP) is 2.91. The molecule has 6 rings (SSSR count). The van der Waals surface area contributed by atoms with Crippen molar-refractivity contribution in [1.29, 1.82) is 0 Å². The SMILES string of the molecule is CCc1ccc2c(c1)[C@]1(C(=O)N2)[C@@H]2C(=O)N(c3cc(OC)c([N+](=O)[O-])cc3C)C(=O)[C@@H]2[C@@H]2CCCN21. The van der Waals surface area contributed by atoms with Crippen LogP contribution in [0.5, 0.6) is 5.75 Å². The molecule has 3 saturated heterocycles. The summed E-state index contributed by atoms with van der Waals surface area (Å²) in [6, 6.07) is 8.28. The highest BCUT2D eigenvalue weighted by Gasteiger charge is 2.74. The second-order valence-corrected chi connectivity index (χ2v) is 9.94. The summed E-state index contributed by atoms with van der Waals surface area (Å²) in [5.41, 5.74) is 1.64. The Bertz CT molecular complexity index is 1370. The number of hydrogen-bond acceptors (Lipinski definition) is 7. The summed E-state index contributed by atoms with van der Waals surface area (Å²) in [7, 11) is 1.31. The van der Waals surface area contributed by atoms with Gasteiger partial charge >= 0.3 is 5.69 Å². The number of nitro benzene ring substituents is 1. The van der Waals surface area contributed by atoms with Gasteiger partial charge in [-0.05, 0) is 49.9 Å². The Labute approximate surface area is 207 Å². The lowest BCUT2D eigenvalue weighted by atomic mass is 9.75. The highest BCUT2D eigenvalue weighted by atomic mass is 16.6. The number of imide groups is 1. The number of hydrogen-bond donors (Lipinski definition) is 1. The first-order chi connectivity index (χ1) is 17.2. The molecule has 3 fully saturated rings. The number of rotatable bonds is 4. The van der Waals surface area contributed by atoms with Gasteiger partial charge in [0.1, 0.15) is 5.54 Å². The van der Waals surface area contributed by atoms with E-state index < -0.39 is 28.2 Å². The van der Waals surface area contributed by atoms with Gasteiger partial charge in [-0.25, -0.2) is 4.90 Å². The molecule has 0 aliphatic carbocycles. The van der Waals surface area contributed by atoms with Crippen LogP contribution in [0.25, 0.3) is 0 Å². The number of nitro groups is 1. The molecular formula is C26H26N4O6. The summed E-state index contributed by atoms with van der Waals surface area (Å²) in [6.45, 7) is 4.29. The largest absolute Gasteiger partial charge is 0.490 e. The lowest BCUT2D eigenvalue weighted by Gasteiger charge is -2.37. The van der Waals surface area contributed by atoms with E-state index in [0.717, 1.165) is 28.9 Å². The van der Waals surface area contributed by atoms with Crippen LogP contribution in [0, 0.1) is 28.9 Å². The average molecular weight is 491 g/mol. The molecule has 4 heterocycles. The minimum Gasteiger partial charge on any atom is -0.490 e. The van der Waals surface area contributed by atoms with Crippen LogP contribution in [0.4, 0.5) is 17.1 Å². The number of carbonyl (C=O) groups excluding carboxylic acids is 3. The molecule has 0 unspecified atom stereocenters. The molecule has 10 nitrogen and oxygen atoms in total. The Morgan fingerprint density at radius 2 is 1.97 bits per heavy atom. The van der Waals surface area contributed by atoms with Gasteiger partial charge in [-0.3, -0.25) is 29.4 Å². The summed E-state index contributed by atoms with van der Waals surface area (Å²) in [5.74, 6) is -2.70. The summed E-state index contributed by atoms with van der Waals surface area (Å²) >= 11 is 0. The van der Waals surface area contributed by atoms with Crippen molar-refractivity contribution in [1.82, 2.24) is 4.90 Å². The zero-order chi connectivity index (χ0) is 25.5. The van der Waals surface area contributed by atoms with E-state index in [2.05, 4.69) is 10.2 Å². The molecule has 4 aliphatic heterocycles. The molecule has 3 amide bonds. The number of nitrogens with zero attached hydrogens (tertiary/aromatic N) is 3. The number of benzene rings is 2. The number of amides is 3. The monoisotopic (exact) mass is 490 g/mol. The van der Waals surface area contributed by atoms with E-state index in [9.17, 15) is 24.5 Å². The summed E-state index contributed by atoms with van der Waals surface area (Å²) < 4.78 is 5.21. The van der Waals surface area contributed by atoms with Crippen molar-refractivity contribution in [2.75, 3.05) is 23.9 Å². The van der Waals surface area contributed by atoms with Gasteiger partial charge in [0.15, 0.2) is 5.75 Å². The number of ether oxygens (including phenoxy) is 1. The topological polar surface area (TPSA) is 122 Å². The highest BCUT2D eigenvalue weighted by Crippen LogP contribution is 2.61. The van der Waals surface area contributed by atoms with Crippen molar-refractivity contribution in [3.05, 3.63) is 57.1 Å². The van der Waals surface area contributed by atoms with E-state index in [1.54, 1.807) is 6.92 Å². The number of methoxy groups -OCH3 is 1. The van der Waals surface area contributed by atoms with Crippen molar-refractivity contribution in [2.45, 2.75) is 44.7 Å². The zero-order valence-electron chi connectivity index (χ0n) is 20.2. The Hall–Kier alpha value is -3.79. The van der Waals surface area contributed by atoms with Crippen LogP contribution >= 0.6 is 0 Å². The van der Waals surface area contributed by atoms with Gasteiger partial charge < -0.3 is 10.1 Å². The molecule has 2 aromatic rings. The molecule has 36 heavy (non-hydrogen) atoms. The molecule has 10 heteroatoms.